The third-order valence-electron chi connectivity index (χ3n) is 4.64. The molecular formula is C22H26N2. The molecule has 0 saturated heterocycles. The van der Waals surface area contributed by atoms with Gasteiger partial charge in [-0.1, -0.05) is 42.5 Å². The van der Waals surface area contributed by atoms with Crippen LogP contribution in [-0.4, -0.2) is 11.1 Å². The van der Waals surface area contributed by atoms with Crippen LogP contribution >= 0.6 is 0 Å². The van der Waals surface area contributed by atoms with Gasteiger partial charge in [-0.05, 0) is 49.6 Å². The van der Waals surface area contributed by atoms with Crippen molar-refractivity contribution >= 4 is 17.1 Å². The van der Waals surface area contributed by atoms with Gasteiger partial charge in [0.25, 0.3) is 0 Å². The van der Waals surface area contributed by atoms with Crippen molar-refractivity contribution in [1.82, 2.24) is 9.88 Å². The van der Waals surface area contributed by atoms with Crippen molar-refractivity contribution in [3.63, 3.8) is 0 Å². The number of hydrogen-bond acceptors (Lipinski definition) is 1. The van der Waals surface area contributed by atoms with Crippen molar-refractivity contribution in [2.24, 2.45) is 0 Å². The molecule has 2 heteroatoms. The Labute approximate surface area is 144 Å². The second-order valence-electron chi connectivity index (χ2n) is 6.41. The second kappa shape index (κ2) is 7.06. The van der Waals surface area contributed by atoms with Crippen LogP contribution in [0.25, 0.3) is 17.1 Å². The molecule has 1 aliphatic rings. The predicted molar refractivity (Wildman–Crippen MR) is 105 cm³/mol. The lowest BCUT2D eigenvalue weighted by Gasteiger charge is -2.16. The van der Waals surface area contributed by atoms with Gasteiger partial charge >= 0.3 is 0 Å². The van der Waals surface area contributed by atoms with E-state index in [1.807, 2.05) is 13.0 Å². The van der Waals surface area contributed by atoms with E-state index in [2.05, 4.69) is 72.9 Å². The van der Waals surface area contributed by atoms with Gasteiger partial charge < -0.3 is 9.88 Å². The molecule has 3 rings (SSSR count). The molecule has 0 amide bonds. The molecule has 0 fully saturated rings. The van der Waals surface area contributed by atoms with E-state index in [4.69, 9.17) is 0 Å². The standard InChI is InChI=1S/C22H26N2/c1-5-7-18(8-6-2)17(4)15-24-21-10-9-16(3)13-19(21)20-14-23-12-11-22(20)24/h5-10,13,15,23H,1,11-12,14H2,2-4H3/b8-6-,17-15+,18-7+. The summed E-state index contributed by atoms with van der Waals surface area (Å²) in [5, 5.41) is 4.89. The largest absolute Gasteiger partial charge is 0.320 e. The predicted octanol–water partition coefficient (Wildman–Crippen LogP) is 5.14. The molecule has 124 valence electrons. The highest BCUT2D eigenvalue weighted by Gasteiger charge is 2.19. The lowest BCUT2D eigenvalue weighted by atomic mass is 10.0. The van der Waals surface area contributed by atoms with Gasteiger partial charge in [0, 0.05) is 36.8 Å². The zero-order valence-corrected chi connectivity index (χ0v) is 14.9. The molecular weight excluding hydrogens is 292 g/mol. The summed E-state index contributed by atoms with van der Waals surface area (Å²) in [6.45, 7) is 12.2. The van der Waals surface area contributed by atoms with E-state index in [-0.39, 0.29) is 0 Å². The molecule has 0 atom stereocenters. The van der Waals surface area contributed by atoms with E-state index in [1.54, 1.807) is 0 Å². The molecule has 1 aromatic heterocycles. The smallest absolute Gasteiger partial charge is 0.0529 e. The molecule has 0 saturated carbocycles. The molecule has 0 spiro atoms. The first-order chi connectivity index (χ1) is 11.7. The minimum Gasteiger partial charge on any atom is -0.320 e. The number of hydrogen-bond donors (Lipinski definition) is 1. The van der Waals surface area contributed by atoms with Gasteiger partial charge in [-0.25, -0.2) is 0 Å². The molecule has 1 aliphatic heterocycles. The number of benzene rings is 1. The highest BCUT2D eigenvalue weighted by Crippen LogP contribution is 2.30. The van der Waals surface area contributed by atoms with Gasteiger partial charge in [0.1, 0.15) is 0 Å². The van der Waals surface area contributed by atoms with Gasteiger partial charge in [-0.3, -0.25) is 0 Å². The maximum atomic E-state index is 3.84. The molecule has 1 aromatic carbocycles. The highest BCUT2D eigenvalue weighted by molar-refractivity contribution is 5.88. The first-order valence-electron chi connectivity index (χ1n) is 8.63. The number of aromatic nitrogens is 1. The fourth-order valence-corrected chi connectivity index (χ4v) is 3.48. The third-order valence-corrected chi connectivity index (χ3v) is 4.64. The van der Waals surface area contributed by atoms with Crippen molar-refractivity contribution in [1.29, 1.82) is 0 Å². The molecule has 0 radical (unpaired) electrons. The van der Waals surface area contributed by atoms with Crippen LogP contribution in [0.2, 0.25) is 0 Å². The van der Waals surface area contributed by atoms with Crippen molar-refractivity contribution in [3.8, 4) is 0 Å². The topological polar surface area (TPSA) is 17.0 Å². The second-order valence-corrected chi connectivity index (χ2v) is 6.41. The summed E-state index contributed by atoms with van der Waals surface area (Å²) in [5.74, 6) is 0. The van der Waals surface area contributed by atoms with Gasteiger partial charge in [0.2, 0.25) is 0 Å². The van der Waals surface area contributed by atoms with Crippen molar-refractivity contribution in [2.75, 3.05) is 6.54 Å². The normalized spacial score (nSPS) is 16.0. The molecule has 2 nitrogen and oxygen atoms in total. The van der Waals surface area contributed by atoms with Gasteiger partial charge in [-0.2, -0.15) is 0 Å². The highest BCUT2D eigenvalue weighted by atomic mass is 15.0. The Morgan fingerprint density at radius 2 is 2.17 bits per heavy atom. The van der Waals surface area contributed by atoms with Crippen LogP contribution < -0.4 is 5.32 Å². The van der Waals surface area contributed by atoms with E-state index in [1.165, 1.54) is 38.9 Å². The fourth-order valence-electron chi connectivity index (χ4n) is 3.48. The summed E-state index contributed by atoms with van der Waals surface area (Å²) in [7, 11) is 0. The summed E-state index contributed by atoms with van der Waals surface area (Å²) in [4.78, 5) is 0. The lowest BCUT2D eigenvalue weighted by molar-refractivity contribution is 0.634. The quantitative estimate of drug-likeness (QED) is 0.772. The zero-order chi connectivity index (χ0) is 17.1. The Hall–Kier alpha value is -2.32. The van der Waals surface area contributed by atoms with Gasteiger partial charge in [-0.15, -0.1) is 0 Å². The van der Waals surface area contributed by atoms with E-state index in [0.717, 1.165) is 19.5 Å². The maximum absolute atomic E-state index is 3.84. The molecule has 24 heavy (non-hydrogen) atoms. The molecule has 0 aliphatic carbocycles. The van der Waals surface area contributed by atoms with Crippen LogP contribution in [-0.2, 0) is 13.0 Å². The van der Waals surface area contributed by atoms with E-state index >= 15 is 0 Å². The van der Waals surface area contributed by atoms with Crippen LogP contribution in [0.4, 0.5) is 0 Å². The number of nitrogens with one attached hydrogen (secondary N) is 1. The zero-order valence-electron chi connectivity index (χ0n) is 14.9. The summed E-state index contributed by atoms with van der Waals surface area (Å²) in [6, 6.07) is 6.76. The molecule has 0 unspecified atom stereocenters. The fraction of sp³-hybridized carbons (Fsp3) is 0.273. The first kappa shape index (κ1) is 16.5. The van der Waals surface area contributed by atoms with Gasteiger partial charge in [0.05, 0.1) is 5.52 Å². The first-order valence-corrected chi connectivity index (χ1v) is 8.63. The Balaban J connectivity index is 2.20. The minimum atomic E-state index is 0.958. The number of rotatable bonds is 4. The Morgan fingerprint density at radius 1 is 1.33 bits per heavy atom. The average Bonchev–Trinajstić information content (AvgIpc) is 2.88. The summed E-state index contributed by atoms with van der Waals surface area (Å²) >= 11 is 0. The number of nitrogens with zero attached hydrogens (tertiary/aromatic N) is 1. The van der Waals surface area contributed by atoms with Crippen molar-refractivity contribution < 1.29 is 0 Å². The number of aryl methyl sites for hydroxylation is 1. The van der Waals surface area contributed by atoms with Crippen LogP contribution in [0.1, 0.15) is 30.7 Å². The Bertz CT molecular complexity index is 860. The summed E-state index contributed by atoms with van der Waals surface area (Å²) in [6.07, 6.45) is 11.5. The minimum absolute atomic E-state index is 0.958. The molecule has 1 N–H and O–H groups in total. The molecule has 0 bridgehead atoms. The average molecular weight is 318 g/mol. The molecule has 2 aromatic rings. The Kier molecular flexibility index (Phi) is 4.86. The number of fused-ring (bicyclic) bond motifs is 3. The van der Waals surface area contributed by atoms with E-state index in [9.17, 15) is 0 Å². The van der Waals surface area contributed by atoms with Crippen LogP contribution in [0.3, 0.4) is 0 Å². The van der Waals surface area contributed by atoms with E-state index < -0.39 is 0 Å². The van der Waals surface area contributed by atoms with Crippen molar-refractivity contribution in [3.05, 3.63) is 77.0 Å². The monoisotopic (exact) mass is 318 g/mol. The van der Waals surface area contributed by atoms with Crippen LogP contribution in [0.5, 0.6) is 0 Å². The van der Waals surface area contributed by atoms with Crippen molar-refractivity contribution in [2.45, 2.75) is 33.7 Å². The van der Waals surface area contributed by atoms with Crippen LogP contribution in [0, 0.1) is 6.92 Å². The SMILES string of the molecule is C=C/C=C(\C=C/C)C(/C)=C/n1c2c(c3cc(C)ccc31)CNCC2. The summed E-state index contributed by atoms with van der Waals surface area (Å²) < 4.78 is 2.39. The van der Waals surface area contributed by atoms with Gasteiger partial charge in [0.15, 0.2) is 0 Å². The van der Waals surface area contributed by atoms with Crippen LogP contribution in [0.15, 0.2) is 60.2 Å². The van der Waals surface area contributed by atoms with E-state index in [0.29, 0.717) is 0 Å². The number of allylic oxidation sites excluding steroid dienone is 6. The maximum Gasteiger partial charge on any atom is 0.0529 e. The molecule has 2 heterocycles. The summed E-state index contributed by atoms with van der Waals surface area (Å²) in [5.41, 5.74) is 7.94. The third kappa shape index (κ3) is 3.02. The lowest BCUT2D eigenvalue weighted by Crippen LogP contribution is -2.24. The Morgan fingerprint density at radius 3 is 2.92 bits per heavy atom.